The molecule has 0 radical (unpaired) electrons. The van der Waals surface area contributed by atoms with Gasteiger partial charge < -0.3 is 5.11 Å². The third-order valence-corrected chi connectivity index (χ3v) is 3.88. The average Bonchev–Trinajstić information content (AvgIpc) is 2.36. The molecule has 1 aromatic rings. The maximum absolute atomic E-state index is 11.9. The number of hydrogen-bond donors (Lipinski definition) is 2. The van der Waals surface area contributed by atoms with Crippen molar-refractivity contribution in [2.45, 2.75) is 18.2 Å². The van der Waals surface area contributed by atoms with Crippen molar-refractivity contribution in [3.63, 3.8) is 0 Å². The van der Waals surface area contributed by atoms with Crippen LogP contribution in [0.1, 0.15) is 18.9 Å². The summed E-state index contributed by atoms with van der Waals surface area (Å²) in [5.74, 6) is -1.27. The highest BCUT2D eigenvalue weighted by molar-refractivity contribution is 7.89. The summed E-state index contributed by atoms with van der Waals surface area (Å²) in [7, 11) is -3.67. The maximum Gasteiger partial charge on any atom is 0.303 e. The third-order valence-electron chi connectivity index (χ3n) is 2.44. The molecule has 1 unspecified atom stereocenters. The Labute approximate surface area is 111 Å². The van der Waals surface area contributed by atoms with Crippen LogP contribution in [-0.4, -0.2) is 26.0 Å². The Kier molecular flexibility index (Phi) is 5.03. The smallest absolute Gasteiger partial charge is 0.303 e. The van der Waals surface area contributed by atoms with E-state index in [1.807, 2.05) is 6.07 Å². The molecule has 0 aliphatic rings. The second kappa shape index (κ2) is 6.31. The highest BCUT2D eigenvalue weighted by Gasteiger charge is 2.16. The normalized spacial score (nSPS) is 12.6. The second-order valence-corrected chi connectivity index (χ2v) is 5.96. The van der Waals surface area contributed by atoms with Gasteiger partial charge in [-0.1, -0.05) is 6.92 Å². The summed E-state index contributed by atoms with van der Waals surface area (Å²) in [6, 6.07) is 7.39. The molecule has 6 nitrogen and oxygen atoms in total. The van der Waals surface area contributed by atoms with Gasteiger partial charge >= 0.3 is 5.97 Å². The van der Waals surface area contributed by atoms with E-state index in [1.165, 1.54) is 24.3 Å². The summed E-state index contributed by atoms with van der Waals surface area (Å²) in [5, 5.41) is 17.2. The van der Waals surface area contributed by atoms with Gasteiger partial charge in [0.05, 0.1) is 16.5 Å². The number of nitrogens with one attached hydrogen (secondary N) is 1. The first-order valence-corrected chi connectivity index (χ1v) is 7.05. The van der Waals surface area contributed by atoms with Gasteiger partial charge in [0.25, 0.3) is 0 Å². The van der Waals surface area contributed by atoms with Gasteiger partial charge in [-0.25, -0.2) is 13.1 Å². The zero-order valence-corrected chi connectivity index (χ0v) is 11.1. The SMILES string of the molecule is CC(CNS(=O)(=O)c1ccc(C#N)cc1)CC(=O)O. The number of carboxylic acids is 1. The fraction of sp³-hybridized carbons (Fsp3) is 0.333. The highest BCUT2D eigenvalue weighted by atomic mass is 32.2. The van der Waals surface area contributed by atoms with Gasteiger partial charge in [-0.2, -0.15) is 5.26 Å². The zero-order valence-electron chi connectivity index (χ0n) is 10.3. The molecule has 0 bridgehead atoms. The Balaban J connectivity index is 2.70. The van der Waals surface area contributed by atoms with E-state index in [-0.39, 0.29) is 23.8 Å². The average molecular weight is 282 g/mol. The fourth-order valence-corrected chi connectivity index (χ4v) is 2.58. The molecular formula is C12H14N2O4S. The molecule has 1 rings (SSSR count). The van der Waals surface area contributed by atoms with Gasteiger partial charge in [0.1, 0.15) is 0 Å². The summed E-state index contributed by atoms with van der Waals surface area (Å²) in [6.07, 6.45) is -0.101. The molecule has 7 heteroatoms. The van der Waals surface area contributed by atoms with Gasteiger partial charge in [-0.15, -0.1) is 0 Å². The molecule has 1 aromatic carbocycles. The Morgan fingerprint density at radius 1 is 1.42 bits per heavy atom. The highest BCUT2D eigenvalue weighted by Crippen LogP contribution is 2.10. The molecule has 19 heavy (non-hydrogen) atoms. The molecule has 0 saturated heterocycles. The van der Waals surface area contributed by atoms with Crippen molar-refractivity contribution in [2.24, 2.45) is 5.92 Å². The van der Waals surface area contributed by atoms with Crippen molar-refractivity contribution in [1.29, 1.82) is 5.26 Å². The van der Waals surface area contributed by atoms with Crippen LogP contribution in [0.25, 0.3) is 0 Å². The van der Waals surface area contributed by atoms with Crippen LogP contribution in [0.3, 0.4) is 0 Å². The number of aliphatic carboxylic acids is 1. The molecule has 0 amide bonds. The summed E-state index contributed by atoms with van der Waals surface area (Å²) in [5.41, 5.74) is 0.373. The summed E-state index contributed by atoms with van der Waals surface area (Å²) in [4.78, 5) is 10.5. The summed E-state index contributed by atoms with van der Waals surface area (Å²) < 4.78 is 26.1. The minimum absolute atomic E-state index is 0.0500. The fourth-order valence-electron chi connectivity index (χ4n) is 1.41. The van der Waals surface area contributed by atoms with E-state index in [4.69, 9.17) is 10.4 Å². The molecule has 0 heterocycles. The Bertz CT molecular complexity index is 587. The van der Waals surface area contributed by atoms with Crippen molar-refractivity contribution >= 4 is 16.0 Å². The van der Waals surface area contributed by atoms with Crippen molar-refractivity contribution < 1.29 is 18.3 Å². The van der Waals surface area contributed by atoms with Gasteiger partial charge in [-0.05, 0) is 30.2 Å². The van der Waals surface area contributed by atoms with Crippen LogP contribution in [0, 0.1) is 17.2 Å². The zero-order chi connectivity index (χ0) is 14.5. The van der Waals surface area contributed by atoms with Gasteiger partial charge in [-0.3, -0.25) is 4.79 Å². The van der Waals surface area contributed by atoms with Crippen LogP contribution in [0.4, 0.5) is 0 Å². The number of benzene rings is 1. The number of nitriles is 1. The number of sulfonamides is 1. The van der Waals surface area contributed by atoms with Crippen LogP contribution in [0.5, 0.6) is 0 Å². The van der Waals surface area contributed by atoms with E-state index < -0.39 is 16.0 Å². The first-order valence-electron chi connectivity index (χ1n) is 5.57. The van der Waals surface area contributed by atoms with Crippen LogP contribution in [-0.2, 0) is 14.8 Å². The minimum Gasteiger partial charge on any atom is -0.481 e. The second-order valence-electron chi connectivity index (χ2n) is 4.19. The molecular weight excluding hydrogens is 268 g/mol. The first-order chi connectivity index (χ1) is 8.85. The van der Waals surface area contributed by atoms with E-state index in [0.717, 1.165) is 0 Å². The van der Waals surface area contributed by atoms with Gasteiger partial charge in [0.15, 0.2) is 0 Å². The molecule has 0 aromatic heterocycles. The monoisotopic (exact) mass is 282 g/mol. The minimum atomic E-state index is -3.67. The Morgan fingerprint density at radius 2 is 2.00 bits per heavy atom. The molecule has 2 N–H and O–H groups in total. The number of carboxylic acid groups (broad SMARTS) is 1. The topological polar surface area (TPSA) is 107 Å². The van der Waals surface area contributed by atoms with Crippen LogP contribution in [0.2, 0.25) is 0 Å². The molecule has 0 aliphatic carbocycles. The lowest BCUT2D eigenvalue weighted by Crippen LogP contribution is -2.29. The summed E-state index contributed by atoms with van der Waals surface area (Å²) in [6.45, 7) is 1.70. The van der Waals surface area contributed by atoms with E-state index in [1.54, 1.807) is 6.92 Å². The predicted octanol–water partition coefficient (Wildman–Crippen LogP) is 0.947. The lowest BCUT2D eigenvalue weighted by atomic mass is 10.1. The molecule has 102 valence electrons. The van der Waals surface area contributed by atoms with E-state index in [9.17, 15) is 13.2 Å². The molecule has 0 fully saturated rings. The molecule has 0 aliphatic heterocycles. The number of carbonyl (C=O) groups is 1. The lowest BCUT2D eigenvalue weighted by molar-refractivity contribution is -0.137. The van der Waals surface area contributed by atoms with E-state index >= 15 is 0 Å². The number of nitrogens with zero attached hydrogens (tertiary/aromatic N) is 1. The van der Waals surface area contributed by atoms with Crippen molar-refractivity contribution in [3.05, 3.63) is 29.8 Å². The van der Waals surface area contributed by atoms with Crippen LogP contribution < -0.4 is 4.72 Å². The number of hydrogen-bond acceptors (Lipinski definition) is 4. The van der Waals surface area contributed by atoms with Crippen molar-refractivity contribution in [2.75, 3.05) is 6.54 Å². The van der Waals surface area contributed by atoms with E-state index in [0.29, 0.717) is 5.56 Å². The third kappa shape index (κ3) is 4.69. The maximum atomic E-state index is 11.9. The largest absolute Gasteiger partial charge is 0.481 e. The number of rotatable bonds is 6. The quantitative estimate of drug-likeness (QED) is 0.807. The molecule has 0 saturated carbocycles. The predicted molar refractivity (Wildman–Crippen MR) is 67.8 cm³/mol. The lowest BCUT2D eigenvalue weighted by Gasteiger charge is -2.11. The summed E-state index contributed by atoms with van der Waals surface area (Å²) >= 11 is 0. The van der Waals surface area contributed by atoms with Crippen LogP contribution in [0.15, 0.2) is 29.2 Å². The first kappa shape index (κ1) is 15.1. The van der Waals surface area contributed by atoms with Gasteiger partial charge in [0.2, 0.25) is 10.0 Å². The Hall–Kier alpha value is -1.91. The van der Waals surface area contributed by atoms with Crippen LogP contribution >= 0.6 is 0 Å². The van der Waals surface area contributed by atoms with Gasteiger partial charge in [0, 0.05) is 13.0 Å². The molecule has 1 atom stereocenters. The van der Waals surface area contributed by atoms with E-state index in [2.05, 4.69) is 4.72 Å². The Morgan fingerprint density at radius 3 is 2.47 bits per heavy atom. The standard InChI is InChI=1S/C12H14N2O4S/c1-9(6-12(15)16)8-14-19(17,18)11-4-2-10(7-13)3-5-11/h2-5,9,14H,6,8H2,1H3,(H,15,16). The van der Waals surface area contributed by atoms with Crippen molar-refractivity contribution in [1.82, 2.24) is 4.72 Å². The van der Waals surface area contributed by atoms with Crippen molar-refractivity contribution in [3.8, 4) is 6.07 Å². The molecule has 0 spiro atoms.